The zero-order valence-electron chi connectivity index (χ0n) is 16.4. The number of anilines is 3. The Kier molecular flexibility index (Phi) is 6.47. The van der Waals surface area contributed by atoms with Crippen LogP contribution >= 0.6 is 0 Å². The quantitative estimate of drug-likeness (QED) is 0.568. The summed E-state index contributed by atoms with van der Waals surface area (Å²) < 4.78 is 5.26. The van der Waals surface area contributed by atoms with Crippen LogP contribution in [0.15, 0.2) is 72.8 Å². The molecule has 0 aromatic heterocycles. The number of carbonyl (C=O) groups excluding carboxylic acids is 2. The highest BCUT2D eigenvalue weighted by Gasteiger charge is 2.13. The predicted octanol–water partition coefficient (Wildman–Crippen LogP) is 4.12. The number of amides is 2. The zero-order valence-corrected chi connectivity index (χ0v) is 16.4. The van der Waals surface area contributed by atoms with Gasteiger partial charge in [0.15, 0.2) is 0 Å². The van der Waals surface area contributed by atoms with Gasteiger partial charge in [-0.15, -0.1) is 0 Å². The molecule has 6 nitrogen and oxygen atoms in total. The number of rotatable bonds is 7. The van der Waals surface area contributed by atoms with Crippen LogP contribution in [0.3, 0.4) is 0 Å². The zero-order chi connectivity index (χ0) is 20.6. The third-order valence-corrected chi connectivity index (χ3v) is 4.26. The first kappa shape index (κ1) is 19.9. The molecule has 0 fully saturated rings. The van der Waals surface area contributed by atoms with Crippen LogP contribution in [0.4, 0.5) is 17.1 Å². The fourth-order valence-electron chi connectivity index (χ4n) is 2.84. The summed E-state index contributed by atoms with van der Waals surface area (Å²) in [4.78, 5) is 24.9. The Labute approximate surface area is 169 Å². The molecule has 3 rings (SSSR count). The second-order valence-electron chi connectivity index (χ2n) is 6.47. The van der Waals surface area contributed by atoms with Crippen LogP contribution in [0.1, 0.15) is 15.9 Å². The van der Waals surface area contributed by atoms with Gasteiger partial charge in [-0.2, -0.15) is 0 Å². The summed E-state index contributed by atoms with van der Waals surface area (Å²) in [5.74, 6) is -0.112. The van der Waals surface area contributed by atoms with E-state index in [1.165, 1.54) is 0 Å². The first-order valence-corrected chi connectivity index (χ1v) is 9.20. The molecule has 0 bridgehead atoms. The lowest BCUT2D eigenvalue weighted by atomic mass is 10.1. The van der Waals surface area contributed by atoms with Crippen molar-refractivity contribution >= 4 is 28.9 Å². The number of para-hydroxylation sites is 2. The molecule has 0 saturated carbocycles. The normalized spacial score (nSPS) is 10.1. The molecule has 0 unspecified atom stereocenters. The number of hydrogen-bond donors (Lipinski definition) is 3. The average molecular weight is 389 g/mol. The van der Waals surface area contributed by atoms with Crippen LogP contribution in [-0.4, -0.2) is 25.5 Å². The van der Waals surface area contributed by atoms with Gasteiger partial charge in [0, 0.05) is 5.69 Å². The standard InChI is InChI=1S/C23H23N3O3/c1-16-12-13-21(29-2)20(14-16)26-22(27)15-24-23(28)18-10-6-7-11-19(18)25-17-8-4-3-5-9-17/h3-14,25H,15H2,1-2H3,(H,24,28)(H,26,27). The summed E-state index contributed by atoms with van der Waals surface area (Å²) in [6, 6.07) is 22.2. The summed E-state index contributed by atoms with van der Waals surface area (Å²) in [6.45, 7) is 1.77. The highest BCUT2D eigenvalue weighted by Crippen LogP contribution is 2.25. The molecule has 148 valence electrons. The Balaban J connectivity index is 1.64. The van der Waals surface area contributed by atoms with Crippen molar-refractivity contribution < 1.29 is 14.3 Å². The number of carbonyl (C=O) groups is 2. The van der Waals surface area contributed by atoms with Crippen LogP contribution < -0.4 is 20.7 Å². The third-order valence-electron chi connectivity index (χ3n) is 4.26. The molecule has 2 amide bonds. The minimum absolute atomic E-state index is 0.157. The van der Waals surface area contributed by atoms with Gasteiger partial charge in [-0.1, -0.05) is 36.4 Å². The number of nitrogens with one attached hydrogen (secondary N) is 3. The van der Waals surface area contributed by atoms with E-state index < -0.39 is 0 Å². The van der Waals surface area contributed by atoms with E-state index in [1.54, 1.807) is 25.3 Å². The van der Waals surface area contributed by atoms with Crippen molar-refractivity contribution in [3.63, 3.8) is 0 Å². The monoisotopic (exact) mass is 389 g/mol. The second-order valence-corrected chi connectivity index (χ2v) is 6.47. The molecule has 29 heavy (non-hydrogen) atoms. The summed E-state index contributed by atoms with van der Waals surface area (Å²) in [5.41, 5.74) is 3.55. The van der Waals surface area contributed by atoms with Crippen LogP contribution in [0.5, 0.6) is 5.75 Å². The van der Waals surface area contributed by atoms with Crippen molar-refractivity contribution in [1.29, 1.82) is 0 Å². The topological polar surface area (TPSA) is 79.5 Å². The minimum Gasteiger partial charge on any atom is -0.495 e. The summed E-state index contributed by atoms with van der Waals surface area (Å²) in [5, 5.41) is 8.66. The van der Waals surface area contributed by atoms with Gasteiger partial charge in [-0.25, -0.2) is 0 Å². The fourth-order valence-corrected chi connectivity index (χ4v) is 2.84. The number of ether oxygens (including phenoxy) is 1. The molecular weight excluding hydrogens is 366 g/mol. The highest BCUT2D eigenvalue weighted by molar-refractivity contribution is 6.03. The number of methoxy groups -OCH3 is 1. The molecule has 0 heterocycles. The van der Waals surface area contributed by atoms with Gasteiger partial charge in [0.2, 0.25) is 5.91 Å². The van der Waals surface area contributed by atoms with E-state index in [2.05, 4.69) is 16.0 Å². The van der Waals surface area contributed by atoms with Crippen molar-refractivity contribution in [3.8, 4) is 5.75 Å². The van der Waals surface area contributed by atoms with Gasteiger partial charge in [-0.3, -0.25) is 9.59 Å². The summed E-state index contributed by atoms with van der Waals surface area (Å²) in [7, 11) is 1.54. The van der Waals surface area contributed by atoms with Crippen LogP contribution in [0, 0.1) is 6.92 Å². The maximum atomic E-state index is 12.6. The van der Waals surface area contributed by atoms with Gasteiger partial charge < -0.3 is 20.7 Å². The summed E-state index contributed by atoms with van der Waals surface area (Å²) >= 11 is 0. The molecule has 3 aromatic carbocycles. The average Bonchev–Trinajstić information content (AvgIpc) is 2.73. The smallest absolute Gasteiger partial charge is 0.253 e. The minimum atomic E-state index is -0.338. The van der Waals surface area contributed by atoms with Gasteiger partial charge in [0.1, 0.15) is 5.75 Å². The fraction of sp³-hybridized carbons (Fsp3) is 0.130. The van der Waals surface area contributed by atoms with Crippen LogP contribution in [-0.2, 0) is 4.79 Å². The molecule has 6 heteroatoms. The Morgan fingerprint density at radius 3 is 2.38 bits per heavy atom. The molecule has 0 atom stereocenters. The van der Waals surface area contributed by atoms with Gasteiger partial charge in [0.05, 0.1) is 30.6 Å². The molecule has 0 aliphatic heterocycles. The van der Waals surface area contributed by atoms with E-state index in [9.17, 15) is 9.59 Å². The first-order chi connectivity index (χ1) is 14.1. The van der Waals surface area contributed by atoms with E-state index in [-0.39, 0.29) is 18.4 Å². The highest BCUT2D eigenvalue weighted by atomic mass is 16.5. The SMILES string of the molecule is COc1ccc(C)cc1NC(=O)CNC(=O)c1ccccc1Nc1ccccc1. The van der Waals surface area contributed by atoms with Crippen molar-refractivity contribution in [1.82, 2.24) is 5.32 Å². The lowest BCUT2D eigenvalue weighted by molar-refractivity contribution is -0.115. The Morgan fingerprint density at radius 1 is 0.897 bits per heavy atom. The van der Waals surface area contributed by atoms with Crippen molar-refractivity contribution in [3.05, 3.63) is 83.9 Å². The molecule has 0 aliphatic rings. The second kappa shape index (κ2) is 9.41. The van der Waals surface area contributed by atoms with Crippen molar-refractivity contribution in [2.24, 2.45) is 0 Å². The van der Waals surface area contributed by atoms with Crippen LogP contribution in [0.2, 0.25) is 0 Å². The van der Waals surface area contributed by atoms with E-state index in [0.717, 1.165) is 11.3 Å². The van der Waals surface area contributed by atoms with E-state index in [1.807, 2.05) is 61.5 Å². The Bertz CT molecular complexity index is 1000. The maximum Gasteiger partial charge on any atom is 0.253 e. The molecular formula is C23H23N3O3. The van der Waals surface area contributed by atoms with E-state index in [4.69, 9.17) is 4.74 Å². The van der Waals surface area contributed by atoms with Gasteiger partial charge in [0.25, 0.3) is 5.91 Å². The third kappa shape index (κ3) is 5.35. The van der Waals surface area contributed by atoms with Gasteiger partial charge >= 0.3 is 0 Å². The Morgan fingerprint density at radius 2 is 1.62 bits per heavy atom. The van der Waals surface area contributed by atoms with Crippen LogP contribution in [0.25, 0.3) is 0 Å². The summed E-state index contributed by atoms with van der Waals surface area (Å²) in [6.07, 6.45) is 0. The molecule has 0 radical (unpaired) electrons. The lowest BCUT2D eigenvalue weighted by Gasteiger charge is -2.13. The molecule has 3 N–H and O–H groups in total. The predicted molar refractivity (Wildman–Crippen MR) is 115 cm³/mol. The number of benzene rings is 3. The molecule has 0 spiro atoms. The molecule has 0 saturated heterocycles. The maximum absolute atomic E-state index is 12.6. The van der Waals surface area contributed by atoms with E-state index in [0.29, 0.717) is 22.7 Å². The lowest BCUT2D eigenvalue weighted by Crippen LogP contribution is -2.33. The molecule has 3 aromatic rings. The van der Waals surface area contributed by atoms with Gasteiger partial charge in [-0.05, 0) is 48.9 Å². The molecule has 0 aliphatic carbocycles. The van der Waals surface area contributed by atoms with Crippen molar-refractivity contribution in [2.45, 2.75) is 6.92 Å². The number of hydrogen-bond acceptors (Lipinski definition) is 4. The van der Waals surface area contributed by atoms with Crippen molar-refractivity contribution in [2.75, 3.05) is 24.3 Å². The Hall–Kier alpha value is -3.80. The first-order valence-electron chi connectivity index (χ1n) is 9.20. The van der Waals surface area contributed by atoms with E-state index >= 15 is 0 Å². The largest absolute Gasteiger partial charge is 0.495 e. The number of aryl methyl sites for hydroxylation is 1.